The number of aryl methyl sites for hydroxylation is 1. The predicted molar refractivity (Wildman–Crippen MR) is 127 cm³/mol. The minimum atomic E-state index is -0.994. The molecule has 0 aliphatic heterocycles. The van der Waals surface area contributed by atoms with Gasteiger partial charge in [-0.05, 0) is 26.3 Å². The summed E-state index contributed by atoms with van der Waals surface area (Å²) in [6, 6.07) is 16.1. The quantitative estimate of drug-likeness (QED) is 0.400. The standard InChI is InChI=1S/C24H27N5O5/c1-24(2,3)34-23(31)25-20(14-16-10-12-18(13-11-16)29(32)33)22(30)26-21-15-19(27-28(21)4)17-8-6-5-7-9-17/h5-13,15,20H,14H2,1-4H3,(H,25,31)(H,26,30)/t20-/m0/s1. The van der Waals surface area contributed by atoms with E-state index in [9.17, 15) is 19.7 Å². The first kappa shape index (κ1) is 24.4. The van der Waals surface area contributed by atoms with Crippen molar-refractivity contribution in [3.63, 3.8) is 0 Å². The van der Waals surface area contributed by atoms with E-state index in [-0.39, 0.29) is 12.1 Å². The van der Waals surface area contributed by atoms with Crippen LogP contribution in [0.25, 0.3) is 11.3 Å². The molecule has 3 rings (SSSR count). The highest BCUT2D eigenvalue weighted by Crippen LogP contribution is 2.21. The SMILES string of the molecule is Cn1nc(-c2ccccc2)cc1NC(=O)[C@H](Cc1ccc([N+](=O)[O-])cc1)NC(=O)OC(C)(C)C. The van der Waals surface area contributed by atoms with Gasteiger partial charge in [-0.15, -0.1) is 0 Å². The van der Waals surface area contributed by atoms with Crippen molar-refractivity contribution >= 4 is 23.5 Å². The minimum Gasteiger partial charge on any atom is -0.444 e. The Hall–Kier alpha value is -4.21. The number of hydrogen-bond acceptors (Lipinski definition) is 6. The third-order valence-corrected chi connectivity index (χ3v) is 4.80. The molecule has 0 aliphatic rings. The lowest BCUT2D eigenvalue weighted by Gasteiger charge is -2.23. The fourth-order valence-electron chi connectivity index (χ4n) is 3.20. The molecule has 0 radical (unpaired) electrons. The molecule has 0 bridgehead atoms. The summed E-state index contributed by atoms with van der Waals surface area (Å²) < 4.78 is 6.84. The van der Waals surface area contributed by atoms with Crippen molar-refractivity contribution in [2.75, 3.05) is 5.32 Å². The first-order valence-corrected chi connectivity index (χ1v) is 10.6. The molecule has 10 nitrogen and oxygen atoms in total. The number of carbonyl (C=O) groups is 2. The Morgan fingerprint density at radius 1 is 1.12 bits per heavy atom. The Kier molecular flexibility index (Phi) is 7.30. The van der Waals surface area contributed by atoms with Gasteiger partial charge in [0.05, 0.1) is 10.6 Å². The van der Waals surface area contributed by atoms with Crippen LogP contribution in [0.1, 0.15) is 26.3 Å². The molecule has 0 aliphatic carbocycles. The van der Waals surface area contributed by atoms with Crippen LogP contribution >= 0.6 is 0 Å². The number of benzene rings is 2. The molecular weight excluding hydrogens is 438 g/mol. The largest absolute Gasteiger partial charge is 0.444 e. The Morgan fingerprint density at radius 3 is 2.35 bits per heavy atom. The molecule has 0 spiro atoms. The number of anilines is 1. The van der Waals surface area contributed by atoms with E-state index in [2.05, 4.69) is 15.7 Å². The molecule has 2 aromatic carbocycles. The third kappa shape index (κ3) is 6.64. The zero-order valence-electron chi connectivity index (χ0n) is 19.4. The summed E-state index contributed by atoms with van der Waals surface area (Å²) in [4.78, 5) is 36.0. The summed E-state index contributed by atoms with van der Waals surface area (Å²) in [7, 11) is 1.70. The number of nitro groups is 1. The number of hydrogen-bond donors (Lipinski definition) is 2. The zero-order chi connectivity index (χ0) is 24.9. The molecule has 1 heterocycles. The second-order valence-electron chi connectivity index (χ2n) is 8.72. The number of nitro benzene ring substituents is 1. The van der Waals surface area contributed by atoms with Gasteiger partial charge >= 0.3 is 6.09 Å². The van der Waals surface area contributed by atoms with E-state index in [0.29, 0.717) is 17.1 Å². The van der Waals surface area contributed by atoms with Crippen molar-refractivity contribution in [1.29, 1.82) is 0 Å². The average molecular weight is 466 g/mol. The van der Waals surface area contributed by atoms with Gasteiger partial charge in [-0.2, -0.15) is 5.10 Å². The highest BCUT2D eigenvalue weighted by atomic mass is 16.6. The lowest BCUT2D eigenvalue weighted by Crippen LogP contribution is -2.47. The fourth-order valence-corrected chi connectivity index (χ4v) is 3.20. The number of non-ortho nitro benzene ring substituents is 1. The molecular formula is C24H27N5O5. The maximum absolute atomic E-state index is 13.2. The summed E-state index contributed by atoms with van der Waals surface area (Å²) in [5.41, 5.74) is 1.41. The summed E-state index contributed by atoms with van der Waals surface area (Å²) in [5.74, 6) is -0.0321. The van der Waals surface area contributed by atoms with Gasteiger partial charge in [0.2, 0.25) is 5.91 Å². The molecule has 2 N–H and O–H groups in total. The Balaban J connectivity index is 1.80. The van der Waals surface area contributed by atoms with Crippen molar-refractivity contribution in [3.8, 4) is 11.3 Å². The number of aromatic nitrogens is 2. The van der Waals surface area contributed by atoms with Gasteiger partial charge in [-0.25, -0.2) is 4.79 Å². The molecule has 2 amide bonds. The Morgan fingerprint density at radius 2 is 1.76 bits per heavy atom. The number of carbonyl (C=O) groups excluding carboxylic acids is 2. The van der Waals surface area contributed by atoms with E-state index in [1.165, 1.54) is 16.8 Å². The van der Waals surface area contributed by atoms with Gasteiger partial charge in [-0.1, -0.05) is 42.5 Å². The van der Waals surface area contributed by atoms with Crippen molar-refractivity contribution in [2.45, 2.75) is 38.8 Å². The van der Waals surface area contributed by atoms with E-state index >= 15 is 0 Å². The lowest BCUT2D eigenvalue weighted by atomic mass is 10.0. The van der Waals surface area contributed by atoms with Gasteiger partial charge in [0.25, 0.3) is 5.69 Å². The van der Waals surface area contributed by atoms with Crippen LogP contribution < -0.4 is 10.6 Å². The monoisotopic (exact) mass is 465 g/mol. The minimum absolute atomic E-state index is 0.0619. The van der Waals surface area contributed by atoms with Crippen LogP contribution in [0, 0.1) is 10.1 Å². The van der Waals surface area contributed by atoms with Crippen molar-refractivity contribution in [2.24, 2.45) is 7.05 Å². The highest BCUT2D eigenvalue weighted by Gasteiger charge is 2.26. The number of nitrogens with one attached hydrogen (secondary N) is 2. The van der Waals surface area contributed by atoms with Crippen LogP contribution in [-0.2, 0) is 23.0 Å². The van der Waals surface area contributed by atoms with Crippen molar-refractivity contribution in [3.05, 3.63) is 76.3 Å². The molecule has 3 aromatic rings. The van der Waals surface area contributed by atoms with E-state index in [0.717, 1.165) is 5.56 Å². The zero-order valence-corrected chi connectivity index (χ0v) is 19.4. The smallest absolute Gasteiger partial charge is 0.408 e. The van der Waals surface area contributed by atoms with Crippen molar-refractivity contribution in [1.82, 2.24) is 15.1 Å². The number of alkyl carbamates (subject to hydrolysis) is 1. The van der Waals surface area contributed by atoms with Crippen LogP contribution in [-0.4, -0.2) is 38.3 Å². The molecule has 1 aromatic heterocycles. The van der Waals surface area contributed by atoms with Crippen LogP contribution in [0.5, 0.6) is 0 Å². The second kappa shape index (κ2) is 10.2. The normalized spacial score (nSPS) is 12.0. The van der Waals surface area contributed by atoms with Crippen LogP contribution in [0.3, 0.4) is 0 Å². The van der Waals surface area contributed by atoms with E-state index in [4.69, 9.17) is 4.74 Å². The first-order valence-electron chi connectivity index (χ1n) is 10.6. The lowest BCUT2D eigenvalue weighted by molar-refractivity contribution is -0.384. The maximum Gasteiger partial charge on any atom is 0.408 e. The van der Waals surface area contributed by atoms with E-state index < -0.39 is 28.6 Å². The molecule has 0 unspecified atom stereocenters. The molecule has 1 atom stereocenters. The predicted octanol–water partition coefficient (Wildman–Crippen LogP) is 4.07. The van der Waals surface area contributed by atoms with Crippen LogP contribution in [0.4, 0.5) is 16.3 Å². The Bertz CT molecular complexity index is 1170. The summed E-state index contributed by atoms with van der Waals surface area (Å²) in [6.45, 7) is 5.16. The first-order chi connectivity index (χ1) is 16.0. The van der Waals surface area contributed by atoms with Gasteiger partial charge in [0.1, 0.15) is 17.5 Å². The van der Waals surface area contributed by atoms with Crippen LogP contribution in [0.2, 0.25) is 0 Å². The molecule has 0 saturated carbocycles. The fraction of sp³-hybridized carbons (Fsp3) is 0.292. The van der Waals surface area contributed by atoms with Crippen molar-refractivity contribution < 1.29 is 19.2 Å². The molecule has 10 heteroatoms. The molecule has 178 valence electrons. The van der Waals surface area contributed by atoms with E-state index in [1.807, 2.05) is 30.3 Å². The van der Waals surface area contributed by atoms with Gasteiger partial charge in [0.15, 0.2) is 0 Å². The highest BCUT2D eigenvalue weighted by molar-refractivity contribution is 5.96. The maximum atomic E-state index is 13.2. The number of rotatable bonds is 7. The summed E-state index contributed by atoms with van der Waals surface area (Å²) in [6.07, 6.45) is -0.642. The van der Waals surface area contributed by atoms with Gasteiger partial charge < -0.3 is 15.4 Å². The third-order valence-electron chi connectivity index (χ3n) is 4.80. The number of nitrogens with zero attached hydrogens (tertiary/aromatic N) is 3. The molecule has 0 fully saturated rings. The second-order valence-corrected chi connectivity index (χ2v) is 8.72. The van der Waals surface area contributed by atoms with Gasteiger partial charge in [0, 0.05) is 37.2 Å². The molecule has 0 saturated heterocycles. The number of ether oxygens (including phenoxy) is 1. The van der Waals surface area contributed by atoms with E-state index in [1.54, 1.807) is 46.0 Å². The number of amides is 2. The van der Waals surface area contributed by atoms with Gasteiger partial charge in [-0.3, -0.25) is 19.6 Å². The average Bonchev–Trinajstić information content (AvgIpc) is 3.13. The molecule has 34 heavy (non-hydrogen) atoms. The topological polar surface area (TPSA) is 128 Å². The van der Waals surface area contributed by atoms with Crippen LogP contribution in [0.15, 0.2) is 60.7 Å². The summed E-state index contributed by atoms with van der Waals surface area (Å²) in [5, 5.41) is 20.8. The summed E-state index contributed by atoms with van der Waals surface area (Å²) >= 11 is 0. The Labute approximate surface area is 197 Å².